The van der Waals surface area contributed by atoms with Crippen LogP contribution < -0.4 is 0 Å². The summed E-state index contributed by atoms with van der Waals surface area (Å²) in [5, 5.41) is 8.11. The van der Waals surface area contributed by atoms with Gasteiger partial charge in [0.05, 0.1) is 6.07 Å². The molecule has 0 N–H and O–H groups in total. The van der Waals surface area contributed by atoms with Gasteiger partial charge < -0.3 is 0 Å². The lowest BCUT2D eigenvalue weighted by atomic mass is 10.2. The summed E-state index contributed by atoms with van der Waals surface area (Å²) in [6, 6.07) is 9.58. The maximum absolute atomic E-state index is 7.32. The van der Waals surface area contributed by atoms with E-state index in [1.807, 2.05) is 24.3 Å². The van der Waals surface area contributed by atoms with Crippen molar-refractivity contribution in [1.29, 1.82) is 5.26 Å². The van der Waals surface area contributed by atoms with Gasteiger partial charge in [0.25, 0.3) is 0 Å². The summed E-state index contributed by atoms with van der Waals surface area (Å²) in [6.45, 7) is 3.52. The molecule has 0 spiro atoms. The largest absolute Gasteiger partial charge is 0.199 e. The van der Waals surface area contributed by atoms with E-state index in [0.29, 0.717) is 4.83 Å². The monoisotopic (exact) mass is 259 g/mol. The Morgan fingerprint density at radius 2 is 1.77 bits per heavy atom. The smallest absolute Gasteiger partial charge is 0.0587 e. The van der Waals surface area contributed by atoms with E-state index >= 15 is 0 Å². The second kappa shape index (κ2) is 6.94. The normalized spacial score (nSPS) is 10.7. The molecule has 0 bridgehead atoms. The summed E-state index contributed by atoms with van der Waals surface area (Å²) < 4.78 is 0. The van der Waals surface area contributed by atoms with Gasteiger partial charge in [-0.1, -0.05) is 39.7 Å². The van der Waals surface area contributed by atoms with Crippen molar-refractivity contribution in [2.45, 2.75) is 18.7 Å². The maximum Gasteiger partial charge on any atom is 0.0587 e. The number of nitriles is 1. The molecule has 0 heterocycles. The molecule has 0 radical (unpaired) electrons. The lowest BCUT2D eigenvalue weighted by Gasteiger charge is -2.01. The maximum atomic E-state index is 7.32. The van der Waals surface area contributed by atoms with Crippen molar-refractivity contribution < 1.29 is 0 Å². The van der Waals surface area contributed by atoms with Gasteiger partial charge in [-0.2, -0.15) is 5.26 Å². The predicted octanol–water partition coefficient (Wildman–Crippen LogP) is 4.33. The van der Waals surface area contributed by atoms with E-state index in [1.54, 1.807) is 6.07 Å². The Bertz CT molecular complexity index is 274. The highest BCUT2D eigenvalue weighted by Gasteiger charge is 1.97. The molecule has 1 unspecified atom stereocenters. The number of hydrogen-bond donors (Lipinski definition) is 0. The molecule has 0 aromatic heterocycles. The lowest BCUT2D eigenvalue weighted by Crippen LogP contribution is -1.80. The fourth-order valence-electron chi connectivity index (χ4n) is 0.728. The molecule has 3 heteroatoms. The van der Waals surface area contributed by atoms with Crippen LogP contribution in [0.15, 0.2) is 24.3 Å². The Balaban J connectivity index is 0.000000424. The molecule has 0 amide bonds. The minimum atomic E-state index is 0.407. The van der Waals surface area contributed by atoms with Gasteiger partial charge in [-0.25, -0.2) is 0 Å². The second-order valence-electron chi connectivity index (χ2n) is 2.39. The molecule has 1 aromatic rings. The minimum absolute atomic E-state index is 0.407. The van der Waals surface area contributed by atoms with Crippen LogP contribution in [0.4, 0.5) is 0 Å². The van der Waals surface area contributed by atoms with Gasteiger partial charge >= 0.3 is 0 Å². The van der Waals surface area contributed by atoms with E-state index in [-0.39, 0.29) is 0 Å². The van der Waals surface area contributed by atoms with Gasteiger partial charge in [0.1, 0.15) is 0 Å². The quantitative estimate of drug-likeness (QED) is 0.690. The Morgan fingerprint density at radius 1 is 1.38 bits per heavy atom. The van der Waals surface area contributed by atoms with Crippen molar-refractivity contribution >= 4 is 27.5 Å². The zero-order chi connectivity index (χ0) is 10.3. The van der Waals surface area contributed by atoms with Crippen molar-refractivity contribution in [3.8, 4) is 6.07 Å². The van der Waals surface area contributed by atoms with E-state index in [2.05, 4.69) is 22.9 Å². The molecule has 0 saturated carbocycles. The summed E-state index contributed by atoms with van der Waals surface area (Å²) in [5.41, 5.74) is 1.25. The third kappa shape index (κ3) is 5.68. The first-order valence-corrected chi connectivity index (χ1v) is 5.11. The molecule has 70 valence electrons. The van der Waals surface area contributed by atoms with Crippen LogP contribution in [0.2, 0.25) is 5.02 Å². The van der Waals surface area contributed by atoms with Gasteiger partial charge in [0.2, 0.25) is 0 Å². The van der Waals surface area contributed by atoms with E-state index in [9.17, 15) is 0 Å². The van der Waals surface area contributed by atoms with Gasteiger partial charge in [0, 0.05) is 16.8 Å². The Morgan fingerprint density at radius 3 is 2.08 bits per heavy atom. The number of nitrogens with zero attached hydrogens (tertiary/aromatic N) is 1. The molecule has 0 aliphatic heterocycles. The van der Waals surface area contributed by atoms with Gasteiger partial charge in [-0.3, -0.25) is 0 Å². The molecule has 0 aliphatic carbocycles. The fraction of sp³-hybridized carbons (Fsp3) is 0.300. The van der Waals surface area contributed by atoms with E-state index in [1.165, 1.54) is 12.5 Å². The summed E-state index contributed by atoms with van der Waals surface area (Å²) >= 11 is 9.16. The van der Waals surface area contributed by atoms with E-state index < -0.39 is 0 Å². The van der Waals surface area contributed by atoms with Crippen LogP contribution in [0, 0.1) is 11.3 Å². The van der Waals surface area contributed by atoms with Crippen molar-refractivity contribution in [2.24, 2.45) is 0 Å². The third-order valence-electron chi connectivity index (χ3n) is 1.33. The van der Waals surface area contributed by atoms with Crippen LogP contribution in [0.5, 0.6) is 0 Å². The number of alkyl halides is 1. The van der Waals surface area contributed by atoms with Crippen molar-refractivity contribution in [2.75, 3.05) is 0 Å². The molecule has 1 rings (SSSR count). The lowest BCUT2D eigenvalue weighted by molar-refractivity contribution is 1.12. The molecule has 13 heavy (non-hydrogen) atoms. The summed E-state index contributed by atoms with van der Waals surface area (Å²) in [5.74, 6) is 0. The zero-order valence-electron chi connectivity index (χ0n) is 7.59. The van der Waals surface area contributed by atoms with Crippen LogP contribution in [0.1, 0.15) is 24.2 Å². The minimum Gasteiger partial charge on any atom is -0.199 e. The Hall–Kier alpha value is -0.520. The summed E-state index contributed by atoms with van der Waals surface area (Å²) in [4.78, 5) is 0.407. The molecule has 0 aliphatic rings. The highest BCUT2D eigenvalue weighted by atomic mass is 79.9. The predicted molar refractivity (Wildman–Crippen MR) is 60.1 cm³/mol. The van der Waals surface area contributed by atoms with Crippen LogP contribution >= 0.6 is 27.5 Å². The van der Waals surface area contributed by atoms with E-state index in [4.69, 9.17) is 16.9 Å². The standard InChI is InChI=1S/C8H8BrCl.C2H3N/c1-6(9)7-2-4-8(10)5-3-7;1-2-3/h2-6H,1H3;1H3. The molecular weight excluding hydrogens is 249 g/mol. The van der Waals surface area contributed by atoms with Gasteiger partial charge in [-0.15, -0.1) is 0 Å². The van der Waals surface area contributed by atoms with Crippen molar-refractivity contribution in [1.82, 2.24) is 0 Å². The highest BCUT2D eigenvalue weighted by molar-refractivity contribution is 9.09. The molecule has 0 saturated heterocycles. The van der Waals surface area contributed by atoms with Gasteiger partial charge in [-0.05, 0) is 24.6 Å². The third-order valence-corrected chi connectivity index (χ3v) is 2.11. The fourth-order valence-corrected chi connectivity index (χ4v) is 1.16. The van der Waals surface area contributed by atoms with Crippen LogP contribution in [-0.4, -0.2) is 0 Å². The van der Waals surface area contributed by atoms with Crippen LogP contribution in [0.3, 0.4) is 0 Å². The SMILES string of the molecule is CC#N.CC(Br)c1ccc(Cl)cc1. The summed E-state index contributed by atoms with van der Waals surface area (Å²) in [6.07, 6.45) is 0. The Labute approximate surface area is 92.5 Å². The average molecular weight is 261 g/mol. The van der Waals surface area contributed by atoms with Crippen molar-refractivity contribution in [3.05, 3.63) is 34.9 Å². The first kappa shape index (κ1) is 12.5. The molecule has 1 aromatic carbocycles. The zero-order valence-corrected chi connectivity index (χ0v) is 9.93. The molecule has 1 atom stereocenters. The van der Waals surface area contributed by atoms with Crippen molar-refractivity contribution in [3.63, 3.8) is 0 Å². The molecule has 1 nitrogen and oxygen atoms in total. The number of hydrogen-bond acceptors (Lipinski definition) is 1. The highest BCUT2D eigenvalue weighted by Crippen LogP contribution is 2.22. The number of rotatable bonds is 1. The second-order valence-corrected chi connectivity index (χ2v) is 4.20. The number of benzene rings is 1. The average Bonchev–Trinajstić information content (AvgIpc) is 2.06. The van der Waals surface area contributed by atoms with Crippen LogP contribution in [-0.2, 0) is 0 Å². The molecule has 0 fully saturated rings. The topological polar surface area (TPSA) is 23.8 Å². The first-order valence-electron chi connectivity index (χ1n) is 3.82. The van der Waals surface area contributed by atoms with E-state index in [0.717, 1.165) is 5.02 Å². The van der Waals surface area contributed by atoms with Crippen LogP contribution in [0.25, 0.3) is 0 Å². The first-order chi connectivity index (χ1) is 6.11. The summed E-state index contributed by atoms with van der Waals surface area (Å²) in [7, 11) is 0. The number of halogens is 2. The Kier molecular flexibility index (Phi) is 6.66. The molecular formula is C10H11BrClN. The van der Waals surface area contributed by atoms with Gasteiger partial charge in [0.15, 0.2) is 0 Å².